The second kappa shape index (κ2) is 7.95. The van der Waals surface area contributed by atoms with Gasteiger partial charge < -0.3 is 14.8 Å². The van der Waals surface area contributed by atoms with E-state index in [4.69, 9.17) is 32.7 Å². The predicted octanol–water partition coefficient (Wildman–Crippen LogP) is 5.78. The minimum atomic E-state index is 0.515. The molecule has 0 heterocycles. The van der Waals surface area contributed by atoms with E-state index in [2.05, 4.69) is 21.2 Å². The summed E-state index contributed by atoms with van der Waals surface area (Å²) in [6.07, 6.45) is 0. The Balaban J connectivity index is 2.26. The highest BCUT2D eigenvalue weighted by molar-refractivity contribution is 9.10. The zero-order valence-corrected chi connectivity index (χ0v) is 15.3. The van der Waals surface area contributed by atoms with Crippen LogP contribution in [0.5, 0.6) is 11.5 Å². The van der Waals surface area contributed by atoms with Gasteiger partial charge in [0.1, 0.15) is 0 Å². The van der Waals surface area contributed by atoms with E-state index in [0.717, 1.165) is 21.5 Å². The Bertz CT molecular complexity index is 665. The molecule has 2 rings (SSSR count). The second-order valence-corrected chi connectivity index (χ2v) is 6.14. The summed E-state index contributed by atoms with van der Waals surface area (Å²) in [6, 6.07) is 9.24. The van der Waals surface area contributed by atoms with Crippen molar-refractivity contribution >= 4 is 44.8 Å². The van der Waals surface area contributed by atoms with Crippen molar-refractivity contribution in [2.75, 3.05) is 19.0 Å². The molecule has 6 heteroatoms. The molecule has 0 aliphatic rings. The summed E-state index contributed by atoms with van der Waals surface area (Å²) < 4.78 is 12.0. The number of benzene rings is 2. The number of hydrogen-bond acceptors (Lipinski definition) is 3. The number of methoxy groups -OCH3 is 1. The van der Waals surface area contributed by atoms with Gasteiger partial charge in [0.15, 0.2) is 11.5 Å². The maximum Gasteiger partial charge on any atom is 0.167 e. The average molecular weight is 405 g/mol. The van der Waals surface area contributed by atoms with Crippen LogP contribution in [-0.2, 0) is 6.54 Å². The summed E-state index contributed by atoms with van der Waals surface area (Å²) in [5.41, 5.74) is 1.86. The standard InChI is InChI=1S/C16H16BrCl2NO2/c1-3-22-16-11(12(17)5-7-15(16)21-2)9-20-10-4-6-13(18)14(19)8-10/h4-8,20H,3,9H2,1-2H3. The molecule has 0 fully saturated rings. The van der Waals surface area contributed by atoms with E-state index in [1.807, 2.05) is 25.1 Å². The first kappa shape index (κ1) is 17.3. The zero-order chi connectivity index (χ0) is 16.1. The molecule has 22 heavy (non-hydrogen) atoms. The number of ether oxygens (including phenoxy) is 2. The lowest BCUT2D eigenvalue weighted by Gasteiger charge is -2.17. The van der Waals surface area contributed by atoms with Crippen molar-refractivity contribution in [2.24, 2.45) is 0 Å². The van der Waals surface area contributed by atoms with Gasteiger partial charge in [-0.25, -0.2) is 0 Å². The van der Waals surface area contributed by atoms with Crippen LogP contribution in [-0.4, -0.2) is 13.7 Å². The Morgan fingerprint density at radius 2 is 1.91 bits per heavy atom. The van der Waals surface area contributed by atoms with Gasteiger partial charge in [0.2, 0.25) is 0 Å². The fraction of sp³-hybridized carbons (Fsp3) is 0.250. The van der Waals surface area contributed by atoms with Gasteiger partial charge in [0.25, 0.3) is 0 Å². The molecule has 0 saturated heterocycles. The van der Waals surface area contributed by atoms with Gasteiger partial charge in [0, 0.05) is 22.3 Å². The molecule has 1 N–H and O–H groups in total. The molecule has 0 unspecified atom stereocenters. The van der Waals surface area contributed by atoms with Crippen LogP contribution in [0, 0.1) is 0 Å². The van der Waals surface area contributed by atoms with Crippen molar-refractivity contribution in [3.05, 3.63) is 50.4 Å². The van der Waals surface area contributed by atoms with E-state index in [9.17, 15) is 0 Å². The smallest absolute Gasteiger partial charge is 0.167 e. The molecule has 0 amide bonds. The Labute approximate surface area is 148 Å². The third-order valence-electron chi connectivity index (χ3n) is 3.06. The molecule has 2 aromatic carbocycles. The predicted molar refractivity (Wildman–Crippen MR) is 95.7 cm³/mol. The molecular formula is C16H16BrCl2NO2. The lowest BCUT2D eigenvalue weighted by Crippen LogP contribution is -2.05. The van der Waals surface area contributed by atoms with Gasteiger partial charge >= 0.3 is 0 Å². The van der Waals surface area contributed by atoms with Crippen molar-refractivity contribution in [3.63, 3.8) is 0 Å². The van der Waals surface area contributed by atoms with E-state index in [-0.39, 0.29) is 0 Å². The zero-order valence-electron chi connectivity index (χ0n) is 12.3. The van der Waals surface area contributed by atoms with Crippen LogP contribution in [0.2, 0.25) is 10.0 Å². The van der Waals surface area contributed by atoms with E-state index in [1.165, 1.54) is 0 Å². The fourth-order valence-corrected chi connectivity index (χ4v) is 2.76. The lowest BCUT2D eigenvalue weighted by molar-refractivity contribution is 0.307. The quantitative estimate of drug-likeness (QED) is 0.662. The highest BCUT2D eigenvalue weighted by atomic mass is 79.9. The molecule has 2 aromatic rings. The third kappa shape index (κ3) is 4.00. The molecule has 0 aliphatic heterocycles. The SMILES string of the molecule is CCOc1c(OC)ccc(Br)c1CNc1ccc(Cl)c(Cl)c1. The number of nitrogens with one attached hydrogen (secondary N) is 1. The molecule has 0 spiro atoms. The first-order valence-corrected chi connectivity index (χ1v) is 8.28. The Morgan fingerprint density at radius 1 is 1.14 bits per heavy atom. The highest BCUT2D eigenvalue weighted by Gasteiger charge is 2.14. The molecule has 3 nitrogen and oxygen atoms in total. The van der Waals surface area contributed by atoms with Crippen molar-refractivity contribution in [1.29, 1.82) is 0 Å². The summed E-state index contributed by atoms with van der Waals surface area (Å²) in [5.74, 6) is 1.43. The van der Waals surface area contributed by atoms with Gasteiger partial charge in [-0.1, -0.05) is 39.1 Å². The molecule has 0 aliphatic carbocycles. The van der Waals surface area contributed by atoms with Crippen LogP contribution >= 0.6 is 39.1 Å². The number of anilines is 1. The Morgan fingerprint density at radius 3 is 2.55 bits per heavy atom. The average Bonchev–Trinajstić information content (AvgIpc) is 2.50. The molecular weight excluding hydrogens is 389 g/mol. The number of rotatable bonds is 6. The van der Waals surface area contributed by atoms with Crippen LogP contribution in [0.15, 0.2) is 34.8 Å². The minimum absolute atomic E-state index is 0.515. The summed E-state index contributed by atoms with van der Waals surface area (Å²) in [4.78, 5) is 0. The van der Waals surface area contributed by atoms with E-state index in [0.29, 0.717) is 28.9 Å². The van der Waals surface area contributed by atoms with Crippen LogP contribution in [0.1, 0.15) is 12.5 Å². The lowest BCUT2D eigenvalue weighted by atomic mass is 10.1. The first-order chi connectivity index (χ1) is 10.6. The van der Waals surface area contributed by atoms with Crippen LogP contribution in [0.4, 0.5) is 5.69 Å². The van der Waals surface area contributed by atoms with Crippen molar-refractivity contribution in [3.8, 4) is 11.5 Å². The highest BCUT2D eigenvalue weighted by Crippen LogP contribution is 2.37. The normalized spacial score (nSPS) is 10.4. The third-order valence-corrected chi connectivity index (χ3v) is 4.55. The van der Waals surface area contributed by atoms with Crippen molar-refractivity contribution < 1.29 is 9.47 Å². The van der Waals surface area contributed by atoms with Crippen LogP contribution in [0.25, 0.3) is 0 Å². The van der Waals surface area contributed by atoms with E-state index < -0.39 is 0 Å². The van der Waals surface area contributed by atoms with Gasteiger partial charge in [-0.3, -0.25) is 0 Å². The van der Waals surface area contributed by atoms with Gasteiger partial charge in [-0.2, -0.15) is 0 Å². The molecule has 0 atom stereocenters. The van der Waals surface area contributed by atoms with Crippen molar-refractivity contribution in [2.45, 2.75) is 13.5 Å². The van der Waals surface area contributed by atoms with Gasteiger partial charge in [-0.05, 0) is 37.3 Å². The maximum atomic E-state index is 6.03. The van der Waals surface area contributed by atoms with Gasteiger partial charge in [0.05, 0.1) is 23.8 Å². The largest absolute Gasteiger partial charge is 0.493 e. The summed E-state index contributed by atoms with van der Waals surface area (Å²) in [5, 5.41) is 4.36. The van der Waals surface area contributed by atoms with Crippen molar-refractivity contribution in [1.82, 2.24) is 0 Å². The molecule has 0 saturated carbocycles. The van der Waals surface area contributed by atoms with Crippen LogP contribution < -0.4 is 14.8 Å². The second-order valence-electron chi connectivity index (χ2n) is 4.47. The van der Waals surface area contributed by atoms with Crippen LogP contribution in [0.3, 0.4) is 0 Å². The number of halogens is 3. The first-order valence-electron chi connectivity index (χ1n) is 6.74. The number of hydrogen-bond donors (Lipinski definition) is 1. The Kier molecular flexibility index (Phi) is 6.24. The summed E-state index contributed by atoms with van der Waals surface area (Å²) >= 11 is 15.5. The topological polar surface area (TPSA) is 30.5 Å². The Hall–Kier alpha value is -1.10. The molecule has 0 aromatic heterocycles. The van der Waals surface area contributed by atoms with E-state index >= 15 is 0 Å². The fourth-order valence-electron chi connectivity index (χ4n) is 2.01. The molecule has 0 bridgehead atoms. The summed E-state index contributed by atoms with van der Waals surface area (Å²) in [6.45, 7) is 3.06. The molecule has 0 radical (unpaired) electrons. The minimum Gasteiger partial charge on any atom is -0.493 e. The monoisotopic (exact) mass is 403 g/mol. The molecule has 118 valence electrons. The summed E-state index contributed by atoms with van der Waals surface area (Å²) in [7, 11) is 1.63. The van der Waals surface area contributed by atoms with E-state index in [1.54, 1.807) is 19.2 Å². The van der Waals surface area contributed by atoms with Gasteiger partial charge in [-0.15, -0.1) is 0 Å². The maximum absolute atomic E-state index is 6.03.